The zero-order valence-electron chi connectivity index (χ0n) is 12.2. The first-order chi connectivity index (χ1) is 10.9. The lowest BCUT2D eigenvalue weighted by molar-refractivity contribution is 0.0914. The van der Waals surface area contributed by atoms with Gasteiger partial charge in [-0.15, -0.1) is 0 Å². The smallest absolute Gasteiger partial charge is 0.287 e. The molecule has 2 N–H and O–H groups in total. The van der Waals surface area contributed by atoms with Crippen molar-refractivity contribution in [2.75, 3.05) is 20.2 Å². The minimum atomic E-state index is -3.73. The molecule has 2 aromatic rings. The first-order valence-electron chi connectivity index (χ1n) is 6.62. The molecule has 9 heteroatoms. The Hall–Kier alpha value is -2.39. The van der Waals surface area contributed by atoms with Crippen LogP contribution in [0.5, 0.6) is 5.75 Å². The number of carbonyl (C=O) groups excluding carboxylic acids is 1. The highest BCUT2D eigenvalue weighted by molar-refractivity contribution is 7.89. The van der Waals surface area contributed by atoms with Crippen LogP contribution in [0.2, 0.25) is 0 Å². The third kappa shape index (κ3) is 4.54. The summed E-state index contributed by atoms with van der Waals surface area (Å²) in [7, 11) is -2.50. The minimum absolute atomic E-state index is 0.123. The summed E-state index contributed by atoms with van der Waals surface area (Å²) >= 11 is 0. The number of rotatable bonds is 7. The van der Waals surface area contributed by atoms with E-state index in [4.69, 9.17) is 9.15 Å². The first-order valence-corrected chi connectivity index (χ1v) is 8.10. The number of amides is 1. The summed E-state index contributed by atoms with van der Waals surface area (Å²) in [6, 6.07) is 8.06. The van der Waals surface area contributed by atoms with Crippen molar-refractivity contribution in [3.8, 4) is 5.75 Å². The number of carbonyl (C=O) groups is 1. The predicted molar refractivity (Wildman–Crippen MR) is 79.2 cm³/mol. The molecule has 0 aliphatic carbocycles. The van der Waals surface area contributed by atoms with Crippen LogP contribution in [-0.2, 0) is 10.0 Å². The second-order valence-electron chi connectivity index (χ2n) is 4.39. The maximum Gasteiger partial charge on any atom is 0.287 e. The van der Waals surface area contributed by atoms with Crippen molar-refractivity contribution in [1.82, 2.24) is 10.0 Å². The Morgan fingerprint density at radius 2 is 2.09 bits per heavy atom. The lowest BCUT2D eigenvalue weighted by Crippen LogP contribution is -2.27. The SMILES string of the molecule is CNS(=O)(=O)c1ccc(C(=O)NCCOc2cccc(F)c2)o1. The standard InChI is InChI=1S/C14H15FN2O5S/c1-16-23(19,20)13-6-5-12(22-13)14(18)17-7-8-21-11-4-2-3-10(15)9-11/h2-6,9,16H,7-8H2,1H3,(H,17,18). The van der Waals surface area contributed by atoms with Gasteiger partial charge in [0, 0.05) is 6.07 Å². The van der Waals surface area contributed by atoms with Gasteiger partial charge in [-0.3, -0.25) is 4.79 Å². The van der Waals surface area contributed by atoms with Crippen molar-refractivity contribution in [2.45, 2.75) is 5.09 Å². The van der Waals surface area contributed by atoms with Gasteiger partial charge in [-0.2, -0.15) is 0 Å². The van der Waals surface area contributed by atoms with Gasteiger partial charge in [0.2, 0.25) is 5.09 Å². The molecule has 0 unspecified atom stereocenters. The van der Waals surface area contributed by atoms with Crippen molar-refractivity contribution in [1.29, 1.82) is 0 Å². The summed E-state index contributed by atoms with van der Waals surface area (Å²) < 4.78 is 48.2. The zero-order chi connectivity index (χ0) is 16.9. The maximum atomic E-state index is 12.9. The van der Waals surface area contributed by atoms with Crippen LogP contribution in [0, 0.1) is 5.82 Å². The number of furan rings is 1. The van der Waals surface area contributed by atoms with E-state index in [-0.39, 0.29) is 24.0 Å². The van der Waals surface area contributed by atoms with Crippen LogP contribution in [-0.4, -0.2) is 34.5 Å². The van der Waals surface area contributed by atoms with Crippen LogP contribution >= 0.6 is 0 Å². The summed E-state index contributed by atoms with van der Waals surface area (Å²) in [4.78, 5) is 11.8. The number of ether oxygens (including phenoxy) is 1. The lowest BCUT2D eigenvalue weighted by atomic mass is 10.3. The Morgan fingerprint density at radius 1 is 1.30 bits per heavy atom. The Kier molecular flexibility index (Phi) is 5.35. The molecule has 0 aliphatic rings. The van der Waals surface area contributed by atoms with Crippen molar-refractivity contribution in [3.05, 3.63) is 48.0 Å². The number of sulfonamides is 1. The van der Waals surface area contributed by atoms with Crippen LogP contribution in [0.25, 0.3) is 0 Å². The number of nitrogens with one attached hydrogen (secondary N) is 2. The molecule has 0 radical (unpaired) electrons. The van der Waals surface area contributed by atoms with Gasteiger partial charge in [0.1, 0.15) is 18.2 Å². The lowest BCUT2D eigenvalue weighted by Gasteiger charge is -2.06. The van der Waals surface area contributed by atoms with E-state index in [1.54, 1.807) is 6.07 Å². The van der Waals surface area contributed by atoms with Crippen molar-refractivity contribution < 1.29 is 26.8 Å². The van der Waals surface area contributed by atoms with E-state index in [9.17, 15) is 17.6 Å². The molecule has 1 aromatic carbocycles. The molecule has 1 heterocycles. The second-order valence-corrected chi connectivity index (χ2v) is 6.21. The highest BCUT2D eigenvalue weighted by Gasteiger charge is 2.19. The number of hydrogen-bond acceptors (Lipinski definition) is 5. The number of halogens is 1. The van der Waals surface area contributed by atoms with Gasteiger partial charge in [0.25, 0.3) is 15.9 Å². The number of benzene rings is 1. The molecule has 23 heavy (non-hydrogen) atoms. The van der Waals surface area contributed by atoms with Gasteiger partial charge in [0.15, 0.2) is 5.76 Å². The fourth-order valence-corrected chi connectivity index (χ4v) is 2.31. The predicted octanol–water partition coefficient (Wildman–Crippen LogP) is 1.14. The Labute approximate surface area is 132 Å². The van der Waals surface area contributed by atoms with Gasteiger partial charge in [-0.05, 0) is 31.3 Å². The molecule has 1 aromatic heterocycles. The highest BCUT2D eigenvalue weighted by atomic mass is 32.2. The number of hydrogen-bond donors (Lipinski definition) is 2. The van der Waals surface area contributed by atoms with Gasteiger partial charge in [-0.25, -0.2) is 17.5 Å². The molecule has 0 aliphatic heterocycles. The fourth-order valence-electron chi connectivity index (χ4n) is 1.66. The van der Waals surface area contributed by atoms with Gasteiger partial charge in [0.05, 0.1) is 6.54 Å². The summed E-state index contributed by atoms with van der Waals surface area (Å²) in [5.74, 6) is -0.782. The zero-order valence-corrected chi connectivity index (χ0v) is 13.0. The molecule has 0 saturated carbocycles. The van der Waals surface area contributed by atoms with E-state index in [1.165, 1.54) is 37.4 Å². The second kappa shape index (κ2) is 7.25. The molecule has 0 atom stereocenters. The quantitative estimate of drug-likeness (QED) is 0.735. The van der Waals surface area contributed by atoms with Crippen LogP contribution in [0.1, 0.15) is 10.6 Å². The topological polar surface area (TPSA) is 97.6 Å². The Bertz CT molecular complexity index is 788. The van der Waals surface area contributed by atoms with E-state index >= 15 is 0 Å². The molecule has 0 bridgehead atoms. The van der Waals surface area contributed by atoms with Gasteiger partial charge in [-0.1, -0.05) is 6.07 Å². The molecule has 0 fully saturated rings. The average molecular weight is 342 g/mol. The van der Waals surface area contributed by atoms with Crippen LogP contribution in [0.15, 0.2) is 45.9 Å². The van der Waals surface area contributed by atoms with E-state index < -0.39 is 21.7 Å². The van der Waals surface area contributed by atoms with Crippen LogP contribution in [0.4, 0.5) is 4.39 Å². The molecule has 0 spiro atoms. The molecule has 124 valence electrons. The molecular formula is C14H15FN2O5S. The minimum Gasteiger partial charge on any atom is -0.492 e. The van der Waals surface area contributed by atoms with Crippen molar-refractivity contribution in [2.24, 2.45) is 0 Å². The normalized spacial score (nSPS) is 11.2. The Balaban J connectivity index is 1.83. The fraction of sp³-hybridized carbons (Fsp3) is 0.214. The van der Waals surface area contributed by atoms with Gasteiger partial charge < -0.3 is 14.5 Å². The molecule has 2 rings (SSSR count). The molecular weight excluding hydrogens is 327 g/mol. The first kappa shape index (κ1) is 17.0. The molecule has 7 nitrogen and oxygen atoms in total. The molecule has 1 amide bonds. The van der Waals surface area contributed by atoms with Crippen LogP contribution < -0.4 is 14.8 Å². The maximum absolute atomic E-state index is 12.9. The highest BCUT2D eigenvalue weighted by Crippen LogP contribution is 2.13. The monoisotopic (exact) mass is 342 g/mol. The van der Waals surface area contributed by atoms with Crippen molar-refractivity contribution in [3.63, 3.8) is 0 Å². The summed E-state index contributed by atoms with van der Waals surface area (Å²) in [6.07, 6.45) is 0. The van der Waals surface area contributed by atoms with E-state index in [0.29, 0.717) is 5.75 Å². The summed E-state index contributed by atoms with van der Waals surface area (Å²) in [6.45, 7) is 0.266. The largest absolute Gasteiger partial charge is 0.492 e. The van der Waals surface area contributed by atoms with E-state index in [0.717, 1.165) is 0 Å². The van der Waals surface area contributed by atoms with Gasteiger partial charge >= 0.3 is 0 Å². The molecule has 0 saturated heterocycles. The van der Waals surface area contributed by atoms with E-state index in [1.807, 2.05) is 0 Å². The van der Waals surface area contributed by atoms with Crippen LogP contribution in [0.3, 0.4) is 0 Å². The van der Waals surface area contributed by atoms with Crippen molar-refractivity contribution >= 4 is 15.9 Å². The Morgan fingerprint density at radius 3 is 2.78 bits per heavy atom. The average Bonchev–Trinajstić information content (AvgIpc) is 3.02. The summed E-state index contributed by atoms with van der Waals surface area (Å²) in [5.41, 5.74) is 0. The third-order valence-electron chi connectivity index (χ3n) is 2.79. The third-order valence-corrected chi connectivity index (χ3v) is 4.08. The summed E-state index contributed by atoms with van der Waals surface area (Å²) in [5, 5.41) is 2.15. The van der Waals surface area contributed by atoms with E-state index in [2.05, 4.69) is 10.0 Å².